The Balaban J connectivity index is 1.85. The van der Waals surface area contributed by atoms with Gasteiger partial charge in [-0.3, -0.25) is 0 Å². The molecule has 0 saturated heterocycles. The van der Waals surface area contributed by atoms with Crippen molar-refractivity contribution < 1.29 is 4.74 Å². The molecule has 0 aliphatic heterocycles. The fourth-order valence-electron chi connectivity index (χ4n) is 2.41. The van der Waals surface area contributed by atoms with Gasteiger partial charge in [0, 0.05) is 11.5 Å². The van der Waals surface area contributed by atoms with Crippen LogP contribution in [0.1, 0.15) is 38.2 Å². The van der Waals surface area contributed by atoms with Crippen molar-refractivity contribution in [2.24, 2.45) is 5.73 Å². The minimum Gasteiger partial charge on any atom is -0.489 e. The molecule has 0 bridgehead atoms. The second-order valence-electron chi connectivity index (χ2n) is 5.41. The van der Waals surface area contributed by atoms with Crippen LogP contribution in [0.3, 0.4) is 0 Å². The number of nitrogens with two attached hydrogens (primary N) is 1. The first-order valence-corrected chi connectivity index (χ1v) is 7.13. The van der Waals surface area contributed by atoms with E-state index in [1.807, 2.05) is 0 Å². The lowest BCUT2D eigenvalue weighted by Gasteiger charge is -2.21. The van der Waals surface area contributed by atoms with Crippen molar-refractivity contribution in [1.82, 2.24) is 0 Å². The maximum absolute atomic E-state index is 6.10. The smallest absolute Gasteiger partial charge is 0.133 e. The molecule has 1 unspecified atom stereocenters. The molecule has 0 spiro atoms. The van der Waals surface area contributed by atoms with Gasteiger partial charge < -0.3 is 10.5 Å². The molecule has 0 amide bonds. The van der Waals surface area contributed by atoms with Crippen LogP contribution in [0.5, 0.6) is 5.75 Å². The first-order chi connectivity index (χ1) is 8.12. The molecular formula is C14H18BrNO. The molecule has 2 saturated carbocycles. The fraction of sp³-hybridized carbons (Fsp3) is 0.571. The summed E-state index contributed by atoms with van der Waals surface area (Å²) in [4.78, 5) is 0. The maximum atomic E-state index is 6.10. The highest BCUT2D eigenvalue weighted by molar-refractivity contribution is 9.10. The first kappa shape index (κ1) is 11.5. The summed E-state index contributed by atoms with van der Waals surface area (Å²) in [7, 11) is 0. The van der Waals surface area contributed by atoms with Gasteiger partial charge in [0.15, 0.2) is 0 Å². The molecule has 2 fully saturated rings. The predicted molar refractivity (Wildman–Crippen MR) is 72.4 cm³/mol. The van der Waals surface area contributed by atoms with Crippen molar-refractivity contribution in [2.45, 2.75) is 50.2 Å². The van der Waals surface area contributed by atoms with Gasteiger partial charge in [-0.2, -0.15) is 0 Å². The minimum atomic E-state index is 0.223. The molecule has 1 aromatic carbocycles. The highest BCUT2D eigenvalue weighted by Gasteiger charge is 2.47. The number of hydrogen-bond acceptors (Lipinski definition) is 2. The zero-order valence-corrected chi connectivity index (χ0v) is 11.7. The van der Waals surface area contributed by atoms with Gasteiger partial charge in [-0.05, 0) is 66.2 Å². The van der Waals surface area contributed by atoms with Crippen molar-refractivity contribution in [3.63, 3.8) is 0 Å². The van der Waals surface area contributed by atoms with Crippen LogP contribution >= 0.6 is 15.9 Å². The molecule has 2 aliphatic carbocycles. The number of hydrogen-bond donors (Lipinski definition) is 1. The fourth-order valence-corrected chi connectivity index (χ4v) is 2.89. The summed E-state index contributed by atoms with van der Waals surface area (Å²) in [5.74, 6) is 0.969. The van der Waals surface area contributed by atoms with Gasteiger partial charge >= 0.3 is 0 Å². The van der Waals surface area contributed by atoms with Crippen molar-refractivity contribution in [3.05, 3.63) is 28.2 Å². The Morgan fingerprint density at radius 1 is 1.41 bits per heavy atom. The molecule has 2 N–H and O–H groups in total. The molecule has 3 heteroatoms. The van der Waals surface area contributed by atoms with Gasteiger partial charge in [-0.1, -0.05) is 6.07 Å². The molecule has 0 aromatic heterocycles. The maximum Gasteiger partial charge on any atom is 0.133 e. The number of ether oxygens (including phenoxy) is 1. The van der Waals surface area contributed by atoms with E-state index in [4.69, 9.17) is 10.5 Å². The van der Waals surface area contributed by atoms with E-state index in [9.17, 15) is 0 Å². The molecule has 1 atom stereocenters. The normalized spacial score (nSPS) is 23.2. The van der Waals surface area contributed by atoms with Crippen LogP contribution in [0.4, 0.5) is 0 Å². The lowest BCUT2D eigenvalue weighted by molar-refractivity contribution is 0.301. The topological polar surface area (TPSA) is 35.2 Å². The van der Waals surface area contributed by atoms with Crippen LogP contribution in [0.25, 0.3) is 0 Å². The second kappa shape index (κ2) is 3.99. The van der Waals surface area contributed by atoms with Crippen LogP contribution < -0.4 is 10.5 Å². The van der Waals surface area contributed by atoms with Gasteiger partial charge in [0.2, 0.25) is 0 Å². The SMILES string of the molecule is CC(N)C1(c2ccc(OC3CC3)c(Br)c2)CC1. The lowest BCUT2D eigenvalue weighted by Crippen LogP contribution is -2.31. The Labute approximate surface area is 111 Å². The number of halogens is 1. The van der Waals surface area contributed by atoms with E-state index >= 15 is 0 Å². The zero-order valence-electron chi connectivity index (χ0n) is 10.1. The largest absolute Gasteiger partial charge is 0.489 e. The monoisotopic (exact) mass is 295 g/mol. The minimum absolute atomic E-state index is 0.223. The Hall–Kier alpha value is -0.540. The zero-order chi connectivity index (χ0) is 12.0. The molecule has 17 heavy (non-hydrogen) atoms. The number of rotatable bonds is 4. The second-order valence-corrected chi connectivity index (χ2v) is 6.26. The molecule has 1 aromatic rings. The van der Waals surface area contributed by atoms with Crippen molar-refractivity contribution in [2.75, 3.05) is 0 Å². The molecular weight excluding hydrogens is 278 g/mol. The Bertz CT molecular complexity index is 436. The summed E-state index contributed by atoms with van der Waals surface area (Å²) >= 11 is 3.61. The average Bonchev–Trinajstić information content (AvgIpc) is 3.14. The molecule has 0 heterocycles. The molecule has 92 valence electrons. The number of benzene rings is 1. The van der Waals surface area contributed by atoms with Crippen molar-refractivity contribution >= 4 is 15.9 Å². The van der Waals surface area contributed by atoms with Gasteiger partial charge in [-0.15, -0.1) is 0 Å². The quantitative estimate of drug-likeness (QED) is 0.924. The summed E-state index contributed by atoms with van der Waals surface area (Å²) in [6.45, 7) is 2.11. The van der Waals surface area contributed by atoms with E-state index in [-0.39, 0.29) is 11.5 Å². The van der Waals surface area contributed by atoms with E-state index < -0.39 is 0 Å². The van der Waals surface area contributed by atoms with Crippen LogP contribution in [0.2, 0.25) is 0 Å². The van der Waals surface area contributed by atoms with E-state index in [0.717, 1.165) is 10.2 Å². The summed E-state index contributed by atoms with van der Waals surface area (Å²) in [6.07, 6.45) is 5.25. The molecule has 2 nitrogen and oxygen atoms in total. The van der Waals surface area contributed by atoms with E-state index in [1.165, 1.54) is 31.2 Å². The highest BCUT2D eigenvalue weighted by Crippen LogP contribution is 2.51. The third-order valence-corrected chi connectivity index (χ3v) is 4.60. The first-order valence-electron chi connectivity index (χ1n) is 6.34. The third kappa shape index (κ3) is 2.11. The van der Waals surface area contributed by atoms with Crippen LogP contribution in [-0.4, -0.2) is 12.1 Å². The van der Waals surface area contributed by atoms with Crippen LogP contribution in [0.15, 0.2) is 22.7 Å². The summed E-state index contributed by atoms with van der Waals surface area (Å²) < 4.78 is 6.89. The van der Waals surface area contributed by atoms with Crippen molar-refractivity contribution in [3.8, 4) is 5.75 Å². The standard InChI is InChI=1S/C14H18BrNO/c1-9(16)14(6-7-14)10-2-5-13(12(15)8-10)17-11-3-4-11/h2,5,8-9,11H,3-4,6-7,16H2,1H3. The van der Waals surface area contributed by atoms with E-state index in [2.05, 4.69) is 41.1 Å². The Morgan fingerprint density at radius 2 is 2.12 bits per heavy atom. The van der Waals surface area contributed by atoms with E-state index in [1.54, 1.807) is 0 Å². The van der Waals surface area contributed by atoms with Gasteiger partial charge in [0.05, 0.1) is 10.6 Å². The lowest BCUT2D eigenvalue weighted by atomic mass is 9.89. The Morgan fingerprint density at radius 3 is 2.59 bits per heavy atom. The van der Waals surface area contributed by atoms with E-state index in [0.29, 0.717) is 6.10 Å². The highest BCUT2D eigenvalue weighted by atomic mass is 79.9. The summed E-state index contributed by atoms with van der Waals surface area (Å²) in [6, 6.07) is 6.68. The van der Waals surface area contributed by atoms with Gasteiger partial charge in [-0.25, -0.2) is 0 Å². The molecule has 2 aliphatic rings. The van der Waals surface area contributed by atoms with Crippen LogP contribution in [0, 0.1) is 0 Å². The summed E-state index contributed by atoms with van der Waals surface area (Å²) in [5.41, 5.74) is 7.67. The molecule has 0 radical (unpaired) electrons. The van der Waals surface area contributed by atoms with Crippen LogP contribution in [-0.2, 0) is 5.41 Å². The predicted octanol–water partition coefficient (Wildman–Crippen LogP) is 3.37. The van der Waals surface area contributed by atoms with Gasteiger partial charge in [0.25, 0.3) is 0 Å². The van der Waals surface area contributed by atoms with Crippen molar-refractivity contribution in [1.29, 1.82) is 0 Å². The van der Waals surface area contributed by atoms with Gasteiger partial charge in [0.1, 0.15) is 5.75 Å². The summed E-state index contributed by atoms with van der Waals surface area (Å²) in [5, 5.41) is 0. The molecule has 3 rings (SSSR count). The average molecular weight is 296 g/mol. The Kier molecular flexibility index (Phi) is 2.71. The third-order valence-electron chi connectivity index (χ3n) is 3.99.